The van der Waals surface area contributed by atoms with Gasteiger partial charge in [0.25, 0.3) is 5.91 Å². The van der Waals surface area contributed by atoms with Gasteiger partial charge < -0.3 is 15.0 Å². The van der Waals surface area contributed by atoms with Gasteiger partial charge in [-0.25, -0.2) is 0 Å². The van der Waals surface area contributed by atoms with E-state index in [1.807, 2.05) is 60.7 Å². The molecule has 0 saturated heterocycles. The maximum atomic E-state index is 13.4. The van der Waals surface area contributed by atoms with E-state index in [-0.39, 0.29) is 24.5 Å². The summed E-state index contributed by atoms with van der Waals surface area (Å²) in [5.74, 6) is 0.238. The zero-order chi connectivity index (χ0) is 24.8. The molecule has 0 radical (unpaired) electrons. The Morgan fingerprint density at radius 3 is 2.57 bits per heavy atom. The number of nitrogens with one attached hydrogen (secondary N) is 1. The van der Waals surface area contributed by atoms with Crippen LogP contribution in [0.2, 0.25) is 0 Å². The van der Waals surface area contributed by atoms with Gasteiger partial charge in [0.05, 0.1) is 4.47 Å². The first-order valence-corrected chi connectivity index (χ1v) is 13.7. The highest BCUT2D eigenvalue weighted by molar-refractivity contribution is 9.11. The average molecular weight is 602 g/mol. The van der Waals surface area contributed by atoms with Gasteiger partial charge in [0, 0.05) is 17.1 Å². The molecule has 0 bridgehead atoms. The van der Waals surface area contributed by atoms with Crippen molar-refractivity contribution < 1.29 is 14.3 Å². The van der Waals surface area contributed by atoms with Gasteiger partial charge in [-0.1, -0.05) is 77.7 Å². The normalized spacial score (nSPS) is 14.9. The fourth-order valence-corrected chi connectivity index (χ4v) is 5.59. The number of benzene rings is 3. The smallest absolute Gasteiger partial charge is 0.261 e. The third kappa shape index (κ3) is 6.64. The Kier molecular flexibility index (Phi) is 8.84. The molecule has 0 aromatic heterocycles. The summed E-state index contributed by atoms with van der Waals surface area (Å²) in [4.78, 5) is 28.1. The number of rotatable bonds is 8. The van der Waals surface area contributed by atoms with E-state index in [9.17, 15) is 9.59 Å². The zero-order valence-corrected chi connectivity index (χ0v) is 23.0. The third-order valence-corrected chi connectivity index (χ3v) is 7.85. The maximum Gasteiger partial charge on any atom is 0.261 e. The van der Waals surface area contributed by atoms with E-state index in [1.54, 1.807) is 11.8 Å². The van der Waals surface area contributed by atoms with Gasteiger partial charge in [0.2, 0.25) is 5.91 Å². The summed E-state index contributed by atoms with van der Waals surface area (Å²) in [6.45, 7) is 1.95. The lowest BCUT2D eigenvalue weighted by molar-refractivity contribution is -0.142. The van der Waals surface area contributed by atoms with Crippen LogP contribution in [0.25, 0.3) is 10.8 Å². The molecule has 5 nitrogen and oxygen atoms in total. The molecule has 1 aliphatic carbocycles. The maximum absolute atomic E-state index is 13.4. The monoisotopic (exact) mass is 600 g/mol. The van der Waals surface area contributed by atoms with Crippen LogP contribution in [0.5, 0.6) is 5.75 Å². The van der Waals surface area contributed by atoms with Crippen molar-refractivity contribution in [3.05, 3.63) is 75.2 Å². The van der Waals surface area contributed by atoms with E-state index >= 15 is 0 Å². The van der Waals surface area contributed by atoms with Gasteiger partial charge in [-0.3, -0.25) is 9.59 Å². The fourth-order valence-electron chi connectivity index (χ4n) is 4.53. The first-order chi connectivity index (χ1) is 16.9. The zero-order valence-electron chi connectivity index (χ0n) is 19.8. The number of carbonyl (C=O) groups excluding carboxylic acids is 2. The van der Waals surface area contributed by atoms with Crippen LogP contribution in [0, 0.1) is 0 Å². The predicted octanol–water partition coefficient (Wildman–Crippen LogP) is 6.61. The molecule has 184 valence electrons. The second-order valence-corrected chi connectivity index (χ2v) is 10.8. The molecule has 7 heteroatoms. The summed E-state index contributed by atoms with van der Waals surface area (Å²) in [5.41, 5.74) is 0.942. The van der Waals surface area contributed by atoms with Crippen LogP contribution in [-0.2, 0) is 16.1 Å². The van der Waals surface area contributed by atoms with Crippen LogP contribution >= 0.6 is 31.9 Å². The van der Waals surface area contributed by atoms with Crippen LogP contribution in [0.4, 0.5) is 0 Å². The van der Waals surface area contributed by atoms with Crippen molar-refractivity contribution in [3.8, 4) is 5.75 Å². The Morgan fingerprint density at radius 1 is 1.03 bits per heavy atom. The standard InChI is InChI=1S/C28H30Br2N2O3/c1-19(28(34)31-23-11-3-2-4-12-23)32(17-20-8-7-10-22(29)16-20)26(33)18-35-25-15-14-21-9-5-6-13-24(21)27(25)30/h5-10,13-16,19,23H,2-4,11-12,17-18H2,1H3,(H,31,34). The van der Waals surface area contributed by atoms with Gasteiger partial charge in [-0.2, -0.15) is 0 Å². The Labute approximate surface area is 223 Å². The number of nitrogens with zero attached hydrogens (tertiary/aromatic N) is 1. The lowest BCUT2D eigenvalue weighted by Crippen LogP contribution is -2.51. The van der Waals surface area contributed by atoms with Crippen LogP contribution < -0.4 is 10.1 Å². The predicted molar refractivity (Wildman–Crippen MR) is 146 cm³/mol. The average Bonchev–Trinajstić information content (AvgIpc) is 2.87. The molecule has 1 fully saturated rings. The molecular formula is C28H30Br2N2O3. The van der Waals surface area contributed by atoms with Crippen LogP contribution in [0.15, 0.2) is 69.6 Å². The highest BCUT2D eigenvalue weighted by Crippen LogP contribution is 2.33. The highest BCUT2D eigenvalue weighted by Gasteiger charge is 2.28. The van der Waals surface area contributed by atoms with Gasteiger partial charge in [-0.05, 0) is 70.2 Å². The molecule has 0 aliphatic heterocycles. The lowest BCUT2D eigenvalue weighted by atomic mass is 9.95. The number of fused-ring (bicyclic) bond motifs is 1. The summed E-state index contributed by atoms with van der Waals surface area (Å²) in [7, 11) is 0. The summed E-state index contributed by atoms with van der Waals surface area (Å²) in [6, 6.07) is 19.2. The first-order valence-electron chi connectivity index (χ1n) is 12.1. The largest absolute Gasteiger partial charge is 0.483 e. The van der Waals surface area contributed by atoms with E-state index in [0.29, 0.717) is 12.3 Å². The molecule has 3 aromatic rings. The van der Waals surface area contributed by atoms with Crippen LogP contribution in [0.1, 0.15) is 44.6 Å². The number of ether oxygens (including phenoxy) is 1. The molecule has 4 rings (SSSR count). The molecule has 1 saturated carbocycles. The molecule has 3 aromatic carbocycles. The number of carbonyl (C=O) groups is 2. The molecule has 1 atom stereocenters. The van der Waals surface area contributed by atoms with Gasteiger partial charge in [-0.15, -0.1) is 0 Å². The minimum Gasteiger partial charge on any atom is -0.483 e. The van der Waals surface area contributed by atoms with E-state index in [4.69, 9.17) is 4.74 Å². The Balaban J connectivity index is 1.49. The van der Waals surface area contributed by atoms with Crippen molar-refractivity contribution in [2.75, 3.05) is 6.61 Å². The second-order valence-electron chi connectivity index (χ2n) is 9.06. The summed E-state index contributed by atoms with van der Waals surface area (Å²) in [6.07, 6.45) is 5.48. The summed E-state index contributed by atoms with van der Waals surface area (Å²) < 4.78 is 7.69. The molecule has 2 amide bonds. The molecule has 1 N–H and O–H groups in total. The van der Waals surface area contributed by atoms with Crippen molar-refractivity contribution >= 4 is 54.4 Å². The summed E-state index contributed by atoms with van der Waals surface area (Å²) in [5, 5.41) is 5.27. The second kappa shape index (κ2) is 12.0. The number of halogens is 2. The van der Waals surface area contributed by atoms with Crippen molar-refractivity contribution in [2.24, 2.45) is 0 Å². The van der Waals surface area contributed by atoms with Gasteiger partial charge in [0.1, 0.15) is 11.8 Å². The molecule has 1 aliphatic rings. The van der Waals surface area contributed by atoms with Crippen LogP contribution in [0.3, 0.4) is 0 Å². The topological polar surface area (TPSA) is 58.6 Å². The van der Waals surface area contributed by atoms with E-state index < -0.39 is 6.04 Å². The fraction of sp³-hybridized carbons (Fsp3) is 0.357. The molecular weight excluding hydrogens is 572 g/mol. The summed E-state index contributed by atoms with van der Waals surface area (Å²) >= 11 is 7.12. The van der Waals surface area contributed by atoms with Crippen LogP contribution in [-0.4, -0.2) is 35.4 Å². The van der Waals surface area contributed by atoms with Crippen molar-refractivity contribution in [1.29, 1.82) is 0 Å². The van der Waals surface area contributed by atoms with Gasteiger partial charge in [0.15, 0.2) is 6.61 Å². The van der Waals surface area contributed by atoms with Gasteiger partial charge >= 0.3 is 0 Å². The molecule has 0 spiro atoms. The highest BCUT2D eigenvalue weighted by atomic mass is 79.9. The van der Waals surface area contributed by atoms with E-state index in [1.165, 1.54) is 6.42 Å². The van der Waals surface area contributed by atoms with Crippen molar-refractivity contribution in [3.63, 3.8) is 0 Å². The third-order valence-electron chi connectivity index (χ3n) is 6.54. The number of hydrogen-bond donors (Lipinski definition) is 1. The Bertz CT molecular complexity index is 1190. The van der Waals surface area contributed by atoms with Crippen molar-refractivity contribution in [2.45, 2.75) is 57.7 Å². The molecule has 35 heavy (non-hydrogen) atoms. The first kappa shape index (κ1) is 25.7. The minimum absolute atomic E-state index is 0.118. The Morgan fingerprint density at radius 2 is 1.80 bits per heavy atom. The quantitative estimate of drug-likeness (QED) is 0.316. The SMILES string of the molecule is CC(C(=O)NC1CCCCC1)N(Cc1cccc(Br)c1)C(=O)COc1ccc2ccccc2c1Br. The van der Waals surface area contributed by atoms with E-state index in [0.717, 1.165) is 51.0 Å². The molecule has 1 unspecified atom stereocenters. The Hall–Kier alpha value is -2.38. The number of amides is 2. The lowest BCUT2D eigenvalue weighted by Gasteiger charge is -2.31. The van der Waals surface area contributed by atoms with E-state index in [2.05, 4.69) is 37.2 Å². The minimum atomic E-state index is -0.618. The molecule has 0 heterocycles. The van der Waals surface area contributed by atoms with Crippen molar-refractivity contribution in [1.82, 2.24) is 10.2 Å². The number of hydrogen-bond acceptors (Lipinski definition) is 3.